The van der Waals surface area contributed by atoms with Gasteiger partial charge in [-0.25, -0.2) is 0 Å². The average molecular weight is 297 g/mol. The highest BCUT2D eigenvalue weighted by molar-refractivity contribution is 7.97. The van der Waals surface area contributed by atoms with E-state index in [4.69, 9.17) is 0 Å². The molecule has 0 heterocycles. The van der Waals surface area contributed by atoms with E-state index in [1.165, 1.54) is 24.1 Å². The van der Waals surface area contributed by atoms with E-state index in [9.17, 15) is 13.2 Å². The Bertz CT molecular complexity index is 416. The molecule has 7 heteroatoms. The van der Waals surface area contributed by atoms with Gasteiger partial charge in [-0.05, 0) is 50.9 Å². The first-order valence-electron chi connectivity index (χ1n) is 5.10. The molecule has 0 amide bonds. The van der Waals surface area contributed by atoms with Gasteiger partial charge in [-0.3, -0.25) is 4.72 Å². The summed E-state index contributed by atoms with van der Waals surface area (Å²) in [6.45, 7) is 5.88. The molecule has 0 aliphatic carbocycles. The van der Waals surface area contributed by atoms with Crippen LogP contribution < -0.4 is 9.46 Å². The van der Waals surface area contributed by atoms with Crippen LogP contribution in [0.1, 0.15) is 20.8 Å². The summed E-state index contributed by atoms with van der Waals surface area (Å²) in [6.07, 6.45) is -4.71. The molecule has 0 atom stereocenters. The van der Waals surface area contributed by atoms with Crippen molar-refractivity contribution in [3.8, 4) is 5.75 Å². The van der Waals surface area contributed by atoms with E-state index in [0.717, 1.165) is 0 Å². The van der Waals surface area contributed by atoms with Crippen LogP contribution in [0.5, 0.6) is 5.75 Å². The molecule has 0 saturated carbocycles. The second-order valence-electron chi connectivity index (χ2n) is 4.63. The summed E-state index contributed by atoms with van der Waals surface area (Å²) < 4.78 is 43.4. The Morgan fingerprint density at radius 2 is 1.83 bits per heavy atom. The maximum atomic E-state index is 12.1. The number of rotatable bonds is 3. The monoisotopic (exact) mass is 297 g/mol. The van der Waals surface area contributed by atoms with Gasteiger partial charge in [-0.2, -0.15) is 0 Å². The number of ether oxygens (including phenoxy) is 1. The van der Waals surface area contributed by atoms with E-state index < -0.39 is 6.36 Å². The van der Waals surface area contributed by atoms with Crippen LogP contribution in [0.25, 0.3) is 0 Å². The topological polar surface area (TPSA) is 21.3 Å². The quantitative estimate of drug-likeness (QED) is 0.642. The predicted molar refractivity (Wildman–Crippen MR) is 69.1 cm³/mol. The Balaban J connectivity index is 2.81. The van der Waals surface area contributed by atoms with Crippen LogP contribution in [-0.4, -0.2) is 11.9 Å². The van der Waals surface area contributed by atoms with Gasteiger partial charge in [-0.15, -0.1) is 25.8 Å². The number of benzene rings is 1. The van der Waals surface area contributed by atoms with Gasteiger partial charge in [0.15, 0.2) is 0 Å². The molecule has 0 spiro atoms. The lowest BCUT2D eigenvalue weighted by molar-refractivity contribution is -0.275. The third kappa shape index (κ3) is 5.88. The van der Waals surface area contributed by atoms with Gasteiger partial charge < -0.3 is 4.74 Å². The molecule has 0 aromatic heterocycles. The minimum absolute atomic E-state index is 0.144. The van der Waals surface area contributed by atoms with Gasteiger partial charge in [0.2, 0.25) is 0 Å². The predicted octanol–water partition coefficient (Wildman–Crippen LogP) is 4.27. The normalized spacial score (nSPS) is 12.6. The molecule has 0 fully saturated rings. The van der Waals surface area contributed by atoms with Crippen molar-refractivity contribution in [1.82, 2.24) is 4.72 Å². The summed E-state index contributed by atoms with van der Waals surface area (Å²) in [6, 6.07) is 4.45. The fourth-order valence-corrected chi connectivity index (χ4v) is 1.89. The maximum Gasteiger partial charge on any atom is 0.573 e. The molecule has 1 aromatic carbocycles. The van der Waals surface area contributed by atoms with Crippen molar-refractivity contribution in [2.45, 2.75) is 42.5 Å². The van der Waals surface area contributed by atoms with Crippen molar-refractivity contribution < 1.29 is 17.9 Å². The number of thiol groups is 1. The number of hydrogen-bond donors (Lipinski definition) is 2. The number of nitrogens with one attached hydrogen (secondary N) is 1. The molecule has 2 nitrogen and oxygen atoms in total. The molecule has 18 heavy (non-hydrogen) atoms. The van der Waals surface area contributed by atoms with E-state index >= 15 is 0 Å². The molecule has 0 radical (unpaired) electrons. The number of alkyl halides is 3. The van der Waals surface area contributed by atoms with Crippen molar-refractivity contribution in [1.29, 1.82) is 0 Å². The Morgan fingerprint density at radius 1 is 1.22 bits per heavy atom. The van der Waals surface area contributed by atoms with Crippen LogP contribution in [0.15, 0.2) is 28.0 Å². The van der Waals surface area contributed by atoms with Gasteiger partial charge in [0.05, 0.1) is 0 Å². The number of hydrogen-bond acceptors (Lipinski definition) is 4. The highest BCUT2D eigenvalue weighted by Gasteiger charge is 2.32. The zero-order valence-electron chi connectivity index (χ0n) is 10.1. The molecule has 0 aliphatic heterocycles. The van der Waals surface area contributed by atoms with Crippen molar-refractivity contribution in [3.63, 3.8) is 0 Å². The van der Waals surface area contributed by atoms with Gasteiger partial charge >= 0.3 is 6.36 Å². The minimum Gasteiger partial charge on any atom is -0.405 e. The summed E-state index contributed by atoms with van der Waals surface area (Å²) in [5, 5.41) is 0. The van der Waals surface area contributed by atoms with Crippen molar-refractivity contribution in [3.05, 3.63) is 18.2 Å². The summed E-state index contributed by atoms with van der Waals surface area (Å²) in [7, 11) is 0. The fraction of sp³-hybridized carbons (Fsp3) is 0.455. The second kappa shape index (κ2) is 5.63. The van der Waals surface area contributed by atoms with Gasteiger partial charge in [-0.1, -0.05) is 0 Å². The summed E-state index contributed by atoms with van der Waals surface area (Å²) >= 11 is 5.17. The standard InChI is InChI=1S/C11H14F3NOS2/c1-10(2,3)15-18-7-4-5-9(17)8(6-7)16-11(12,13)14/h4-6,15,17H,1-3H3. The van der Waals surface area contributed by atoms with Crippen molar-refractivity contribution >= 4 is 24.6 Å². The largest absolute Gasteiger partial charge is 0.573 e. The van der Waals surface area contributed by atoms with Crippen molar-refractivity contribution in [2.75, 3.05) is 0 Å². The molecule has 1 N–H and O–H groups in total. The van der Waals surface area contributed by atoms with E-state index in [-0.39, 0.29) is 16.2 Å². The van der Waals surface area contributed by atoms with Gasteiger partial charge in [0, 0.05) is 15.3 Å². The third-order valence-corrected chi connectivity index (χ3v) is 3.21. The second-order valence-corrected chi connectivity index (χ2v) is 5.99. The van der Waals surface area contributed by atoms with Crippen LogP contribution in [0, 0.1) is 0 Å². The van der Waals surface area contributed by atoms with Crippen LogP contribution >= 0.6 is 24.6 Å². The smallest absolute Gasteiger partial charge is 0.405 e. The Labute approximate surface area is 114 Å². The van der Waals surface area contributed by atoms with Crippen LogP contribution in [0.2, 0.25) is 0 Å². The average Bonchev–Trinajstić information content (AvgIpc) is 2.16. The molecule has 0 aliphatic rings. The molecule has 0 saturated heterocycles. The maximum absolute atomic E-state index is 12.1. The molecular formula is C11H14F3NOS2. The molecule has 0 bridgehead atoms. The Morgan fingerprint density at radius 3 is 2.33 bits per heavy atom. The Kier molecular flexibility index (Phi) is 4.85. The van der Waals surface area contributed by atoms with E-state index in [1.807, 2.05) is 20.8 Å². The van der Waals surface area contributed by atoms with Crippen LogP contribution in [0.4, 0.5) is 13.2 Å². The highest BCUT2D eigenvalue weighted by Crippen LogP contribution is 2.32. The number of halogens is 3. The fourth-order valence-electron chi connectivity index (χ4n) is 0.976. The summed E-state index contributed by atoms with van der Waals surface area (Å²) in [5.41, 5.74) is -0.144. The molecular weight excluding hydrogens is 283 g/mol. The van der Waals surface area contributed by atoms with E-state index in [0.29, 0.717) is 4.90 Å². The summed E-state index contributed by atoms with van der Waals surface area (Å²) in [5.74, 6) is -0.299. The summed E-state index contributed by atoms with van der Waals surface area (Å²) in [4.78, 5) is 0.773. The molecule has 0 unspecified atom stereocenters. The third-order valence-electron chi connectivity index (χ3n) is 1.63. The van der Waals surface area contributed by atoms with Gasteiger partial charge in [0.25, 0.3) is 0 Å². The van der Waals surface area contributed by atoms with Crippen LogP contribution in [0.3, 0.4) is 0 Å². The zero-order valence-corrected chi connectivity index (χ0v) is 11.8. The minimum atomic E-state index is -4.71. The lowest BCUT2D eigenvalue weighted by Crippen LogP contribution is -2.29. The first kappa shape index (κ1) is 15.5. The SMILES string of the molecule is CC(C)(C)NSc1ccc(S)c(OC(F)(F)F)c1. The van der Waals surface area contributed by atoms with Crippen molar-refractivity contribution in [2.24, 2.45) is 0 Å². The molecule has 102 valence electrons. The van der Waals surface area contributed by atoms with E-state index in [2.05, 4.69) is 22.1 Å². The molecule has 1 rings (SSSR count). The Hall–Kier alpha value is -0.530. The lowest BCUT2D eigenvalue weighted by Gasteiger charge is -2.20. The van der Waals surface area contributed by atoms with E-state index in [1.54, 1.807) is 6.07 Å². The first-order valence-corrected chi connectivity index (χ1v) is 6.36. The van der Waals surface area contributed by atoms with Gasteiger partial charge in [0.1, 0.15) is 5.75 Å². The van der Waals surface area contributed by atoms with Crippen LogP contribution in [-0.2, 0) is 0 Å². The first-order chi connectivity index (χ1) is 8.07. The zero-order chi connectivity index (χ0) is 14.0. The molecule has 1 aromatic rings. The highest BCUT2D eigenvalue weighted by atomic mass is 32.2. The lowest BCUT2D eigenvalue weighted by atomic mass is 10.1.